The Morgan fingerprint density at radius 2 is 1.76 bits per heavy atom. The van der Waals surface area contributed by atoms with Gasteiger partial charge < -0.3 is 4.74 Å². The molecule has 0 fully saturated rings. The highest BCUT2D eigenvalue weighted by Gasteiger charge is 2.18. The van der Waals surface area contributed by atoms with Gasteiger partial charge in [0, 0.05) is 16.6 Å². The van der Waals surface area contributed by atoms with E-state index in [2.05, 4.69) is 0 Å². The van der Waals surface area contributed by atoms with Crippen LogP contribution in [0.25, 0.3) is 10.9 Å². The molecule has 0 spiro atoms. The van der Waals surface area contributed by atoms with E-state index in [0.29, 0.717) is 16.3 Å². The molecule has 1 heterocycles. The fraction of sp³-hybridized carbons (Fsp3) is 0.0667. The van der Waals surface area contributed by atoms with Crippen molar-refractivity contribution in [2.24, 2.45) is 0 Å². The summed E-state index contributed by atoms with van der Waals surface area (Å²) in [7, 11) is -2.11. The fourth-order valence-electron chi connectivity index (χ4n) is 2.16. The van der Waals surface area contributed by atoms with Crippen LogP contribution in [-0.4, -0.2) is 19.5 Å². The average Bonchev–Trinajstić information content (AvgIpc) is 2.91. The van der Waals surface area contributed by atoms with Crippen molar-refractivity contribution < 1.29 is 13.2 Å². The maximum absolute atomic E-state index is 12.7. The van der Waals surface area contributed by atoms with Crippen molar-refractivity contribution in [1.82, 2.24) is 3.97 Å². The van der Waals surface area contributed by atoms with Crippen LogP contribution in [0, 0.1) is 0 Å². The molecule has 0 unspecified atom stereocenters. The van der Waals surface area contributed by atoms with E-state index < -0.39 is 10.0 Å². The maximum Gasteiger partial charge on any atom is 0.268 e. The first kappa shape index (κ1) is 14.0. The Balaban J connectivity index is 2.15. The number of fused-ring (bicyclic) bond motifs is 1. The number of aromatic nitrogens is 1. The topological polar surface area (TPSA) is 48.3 Å². The molecule has 0 radical (unpaired) electrons. The highest BCUT2D eigenvalue weighted by atomic mass is 35.5. The summed E-state index contributed by atoms with van der Waals surface area (Å²) >= 11 is 5.92. The highest BCUT2D eigenvalue weighted by molar-refractivity contribution is 7.90. The second-order valence-corrected chi connectivity index (χ2v) is 6.75. The number of halogens is 1. The molecular weight excluding hydrogens is 310 g/mol. The lowest BCUT2D eigenvalue weighted by molar-refractivity contribution is 0.414. The molecule has 0 bridgehead atoms. The molecule has 0 aliphatic rings. The van der Waals surface area contributed by atoms with Gasteiger partial charge in [-0.3, -0.25) is 0 Å². The third-order valence-electron chi connectivity index (χ3n) is 3.23. The van der Waals surface area contributed by atoms with E-state index in [4.69, 9.17) is 16.3 Å². The summed E-state index contributed by atoms with van der Waals surface area (Å²) < 4.78 is 31.7. The number of hydrogen-bond acceptors (Lipinski definition) is 3. The zero-order valence-corrected chi connectivity index (χ0v) is 12.7. The van der Waals surface area contributed by atoms with Crippen molar-refractivity contribution in [2.45, 2.75) is 4.90 Å². The Bertz CT molecular complexity index is 898. The lowest BCUT2D eigenvalue weighted by Gasteiger charge is -2.08. The molecule has 2 aromatic carbocycles. The quantitative estimate of drug-likeness (QED) is 0.741. The first-order chi connectivity index (χ1) is 10.0. The molecular formula is C15H12ClNO3S. The molecule has 3 rings (SSSR count). The molecule has 0 N–H and O–H groups in total. The van der Waals surface area contributed by atoms with Crippen molar-refractivity contribution >= 4 is 32.5 Å². The molecule has 3 aromatic rings. The summed E-state index contributed by atoms with van der Waals surface area (Å²) in [5.74, 6) is 0.609. The summed E-state index contributed by atoms with van der Waals surface area (Å²) in [6.45, 7) is 0. The number of nitrogens with zero attached hydrogens (tertiary/aromatic N) is 1. The van der Waals surface area contributed by atoms with Gasteiger partial charge in [0.05, 0.1) is 17.5 Å². The summed E-state index contributed by atoms with van der Waals surface area (Å²) in [5, 5.41) is 1.35. The second-order valence-electron chi connectivity index (χ2n) is 4.50. The van der Waals surface area contributed by atoms with Crippen LogP contribution in [0.2, 0.25) is 5.02 Å². The van der Waals surface area contributed by atoms with Crippen LogP contribution in [0.1, 0.15) is 0 Å². The first-order valence-corrected chi connectivity index (χ1v) is 8.00. The van der Waals surface area contributed by atoms with Gasteiger partial charge in [0.1, 0.15) is 5.75 Å². The van der Waals surface area contributed by atoms with E-state index >= 15 is 0 Å². The molecule has 0 amide bonds. The standard InChI is InChI=1S/C15H12ClNO3S/c1-20-13-3-5-14(6-4-13)21(18,19)17-9-8-11-10-12(16)2-7-15(11)17/h2-10H,1H3. The van der Waals surface area contributed by atoms with Gasteiger partial charge in [0.2, 0.25) is 0 Å². The molecule has 21 heavy (non-hydrogen) atoms. The van der Waals surface area contributed by atoms with Gasteiger partial charge in [-0.2, -0.15) is 0 Å². The van der Waals surface area contributed by atoms with Crippen LogP contribution in [0.3, 0.4) is 0 Å². The number of hydrogen-bond donors (Lipinski definition) is 0. The Hall–Kier alpha value is -1.98. The van der Waals surface area contributed by atoms with Crippen LogP contribution >= 0.6 is 11.6 Å². The Morgan fingerprint density at radius 1 is 1.05 bits per heavy atom. The predicted molar refractivity (Wildman–Crippen MR) is 82.5 cm³/mol. The van der Waals surface area contributed by atoms with Gasteiger partial charge >= 0.3 is 0 Å². The van der Waals surface area contributed by atoms with Crippen LogP contribution in [0.15, 0.2) is 59.6 Å². The van der Waals surface area contributed by atoms with Crippen molar-refractivity contribution in [1.29, 1.82) is 0 Å². The third kappa shape index (κ3) is 2.39. The summed E-state index contributed by atoms with van der Waals surface area (Å²) in [6.07, 6.45) is 1.53. The first-order valence-electron chi connectivity index (χ1n) is 6.18. The summed E-state index contributed by atoms with van der Waals surface area (Å²) in [5.41, 5.74) is 0.593. The zero-order valence-electron chi connectivity index (χ0n) is 11.2. The number of ether oxygens (including phenoxy) is 1. The number of methoxy groups -OCH3 is 1. The highest BCUT2D eigenvalue weighted by Crippen LogP contribution is 2.25. The van der Waals surface area contributed by atoms with Crippen molar-refractivity contribution in [2.75, 3.05) is 7.11 Å². The minimum atomic E-state index is -3.64. The van der Waals surface area contributed by atoms with E-state index in [1.807, 2.05) is 0 Å². The van der Waals surface area contributed by atoms with Gasteiger partial charge in [-0.25, -0.2) is 12.4 Å². The van der Waals surface area contributed by atoms with Crippen molar-refractivity contribution in [3.63, 3.8) is 0 Å². The molecule has 0 atom stereocenters. The van der Waals surface area contributed by atoms with Gasteiger partial charge in [0.25, 0.3) is 10.0 Å². The van der Waals surface area contributed by atoms with E-state index in [1.165, 1.54) is 29.4 Å². The van der Waals surface area contributed by atoms with E-state index in [-0.39, 0.29) is 4.90 Å². The van der Waals surface area contributed by atoms with E-state index in [9.17, 15) is 8.42 Å². The summed E-state index contributed by atoms with van der Waals surface area (Å²) in [4.78, 5) is 0.204. The Morgan fingerprint density at radius 3 is 2.43 bits per heavy atom. The van der Waals surface area contributed by atoms with E-state index in [0.717, 1.165) is 5.39 Å². The Labute approximate surface area is 127 Å². The second kappa shape index (κ2) is 5.09. The lowest BCUT2D eigenvalue weighted by atomic mass is 10.2. The van der Waals surface area contributed by atoms with Crippen LogP contribution in [0.5, 0.6) is 5.75 Å². The fourth-order valence-corrected chi connectivity index (χ4v) is 3.69. The molecule has 0 aliphatic heterocycles. The van der Waals surface area contributed by atoms with Crippen molar-refractivity contribution in [3.8, 4) is 5.75 Å². The number of rotatable bonds is 3. The molecule has 0 saturated carbocycles. The molecule has 108 valence electrons. The molecule has 6 heteroatoms. The minimum Gasteiger partial charge on any atom is -0.497 e. The zero-order chi connectivity index (χ0) is 15.0. The molecule has 0 saturated heterocycles. The lowest BCUT2D eigenvalue weighted by Crippen LogP contribution is -2.11. The summed E-state index contributed by atoms with van der Waals surface area (Å²) in [6, 6.07) is 13.1. The third-order valence-corrected chi connectivity index (χ3v) is 5.17. The van der Waals surface area contributed by atoms with Crippen LogP contribution in [-0.2, 0) is 10.0 Å². The van der Waals surface area contributed by atoms with E-state index in [1.54, 1.807) is 36.4 Å². The largest absolute Gasteiger partial charge is 0.497 e. The van der Waals surface area contributed by atoms with Gasteiger partial charge in [0.15, 0.2) is 0 Å². The van der Waals surface area contributed by atoms with Crippen LogP contribution in [0.4, 0.5) is 0 Å². The molecule has 0 aliphatic carbocycles. The van der Waals surface area contributed by atoms with Gasteiger partial charge in [-0.15, -0.1) is 0 Å². The van der Waals surface area contributed by atoms with Crippen LogP contribution < -0.4 is 4.74 Å². The SMILES string of the molecule is COc1ccc(S(=O)(=O)n2ccc3cc(Cl)ccc32)cc1. The van der Waals surface area contributed by atoms with Gasteiger partial charge in [-0.1, -0.05) is 11.6 Å². The van der Waals surface area contributed by atoms with Gasteiger partial charge in [-0.05, 0) is 48.5 Å². The van der Waals surface area contributed by atoms with Crippen molar-refractivity contribution in [3.05, 3.63) is 59.8 Å². The average molecular weight is 322 g/mol. The monoisotopic (exact) mass is 321 g/mol. The predicted octanol–water partition coefficient (Wildman–Crippen LogP) is 3.54. The normalized spacial score (nSPS) is 11.7. The molecule has 4 nitrogen and oxygen atoms in total. The maximum atomic E-state index is 12.7. The molecule has 1 aromatic heterocycles. The smallest absolute Gasteiger partial charge is 0.268 e. The minimum absolute atomic E-state index is 0.204. The number of benzene rings is 2. The Kier molecular flexibility index (Phi) is 3.39.